The molecule has 1 heterocycles. The Hall–Kier alpha value is -1.96. The first-order valence-electron chi connectivity index (χ1n) is 5.85. The third kappa shape index (κ3) is 1.76. The number of ether oxygens (including phenoxy) is 2. The van der Waals surface area contributed by atoms with E-state index in [0.29, 0.717) is 0 Å². The van der Waals surface area contributed by atoms with Gasteiger partial charge in [-0.2, -0.15) is 0 Å². The summed E-state index contributed by atoms with van der Waals surface area (Å²) in [5.41, 5.74) is 2.42. The molecule has 0 amide bonds. The van der Waals surface area contributed by atoms with Crippen LogP contribution in [0.4, 0.5) is 0 Å². The molecule has 0 N–H and O–H groups in total. The molecule has 0 aromatic heterocycles. The van der Waals surface area contributed by atoms with E-state index < -0.39 is 0 Å². The predicted molar refractivity (Wildman–Crippen MR) is 67.1 cm³/mol. The lowest BCUT2D eigenvalue weighted by Gasteiger charge is -2.21. The number of rotatable bonds is 1. The molecule has 2 heteroatoms. The van der Waals surface area contributed by atoms with E-state index in [1.54, 1.807) is 0 Å². The summed E-state index contributed by atoms with van der Waals surface area (Å²) in [6.45, 7) is 4.17. The minimum atomic E-state index is 0.788. The van der Waals surface area contributed by atoms with Gasteiger partial charge in [-0.15, -0.1) is 0 Å². The zero-order valence-electron chi connectivity index (χ0n) is 9.99. The summed E-state index contributed by atoms with van der Waals surface area (Å²) < 4.78 is 11.7. The molecule has 2 aromatic rings. The van der Waals surface area contributed by atoms with Gasteiger partial charge in [-0.3, -0.25) is 0 Å². The number of hydrogen-bond donors (Lipinski definition) is 0. The third-order valence-corrected chi connectivity index (χ3v) is 2.96. The minimum absolute atomic E-state index is 0.788. The van der Waals surface area contributed by atoms with Gasteiger partial charge in [-0.1, -0.05) is 19.1 Å². The first kappa shape index (κ1) is 10.2. The molecule has 0 aliphatic carbocycles. The Morgan fingerprint density at radius 2 is 1.47 bits per heavy atom. The highest BCUT2D eigenvalue weighted by atomic mass is 16.6. The molecule has 2 nitrogen and oxygen atoms in total. The lowest BCUT2D eigenvalue weighted by atomic mass is 10.1. The highest BCUT2D eigenvalue weighted by Crippen LogP contribution is 2.45. The Balaban J connectivity index is 2.04. The van der Waals surface area contributed by atoms with Crippen LogP contribution in [-0.4, -0.2) is 0 Å². The SMILES string of the molecule is CCc1ccc2c(c1)Oc1ccc(C)cc1O2. The second kappa shape index (κ2) is 3.81. The topological polar surface area (TPSA) is 18.5 Å². The molecular weight excluding hydrogens is 212 g/mol. The molecule has 2 aromatic carbocycles. The van der Waals surface area contributed by atoms with Gasteiger partial charge in [0, 0.05) is 0 Å². The summed E-state index contributed by atoms with van der Waals surface area (Å²) in [7, 11) is 0. The van der Waals surface area contributed by atoms with E-state index >= 15 is 0 Å². The van der Waals surface area contributed by atoms with E-state index in [2.05, 4.69) is 13.0 Å². The minimum Gasteiger partial charge on any atom is -0.450 e. The number of hydrogen-bond acceptors (Lipinski definition) is 2. The molecule has 3 rings (SSSR count). The van der Waals surface area contributed by atoms with Crippen molar-refractivity contribution >= 4 is 0 Å². The van der Waals surface area contributed by atoms with Crippen molar-refractivity contribution < 1.29 is 9.47 Å². The maximum Gasteiger partial charge on any atom is 0.170 e. The lowest BCUT2D eigenvalue weighted by Crippen LogP contribution is -1.99. The summed E-state index contributed by atoms with van der Waals surface area (Å²) in [5, 5.41) is 0. The van der Waals surface area contributed by atoms with Gasteiger partial charge in [0.2, 0.25) is 0 Å². The summed E-state index contributed by atoms with van der Waals surface area (Å²) in [4.78, 5) is 0. The Kier molecular flexibility index (Phi) is 2.29. The van der Waals surface area contributed by atoms with Crippen molar-refractivity contribution in [3.63, 3.8) is 0 Å². The van der Waals surface area contributed by atoms with Crippen LogP contribution in [0, 0.1) is 6.92 Å². The number of benzene rings is 2. The Labute approximate surface area is 101 Å². The number of fused-ring (bicyclic) bond motifs is 2. The van der Waals surface area contributed by atoms with Crippen LogP contribution < -0.4 is 9.47 Å². The molecule has 0 atom stereocenters. The fourth-order valence-electron chi connectivity index (χ4n) is 1.95. The normalized spacial score (nSPS) is 12.1. The average molecular weight is 226 g/mol. The van der Waals surface area contributed by atoms with Crippen LogP contribution in [0.5, 0.6) is 23.0 Å². The molecular formula is C15H14O2. The highest BCUT2D eigenvalue weighted by molar-refractivity contribution is 5.56. The Bertz CT molecular complexity index is 573. The summed E-state index contributed by atoms with van der Waals surface area (Å²) in [6, 6.07) is 12.1. The zero-order valence-corrected chi connectivity index (χ0v) is 9.99. The van der Waals surface area contributed by atoms with Crippen LogP contribution in [-0.2, 0) is 6.42 Å². The number of aryl methyl sites for hydroxylation is 2. The first-order chi connectivity index (χ1) is 8.26. The van der Waals surface area contributed by atoms with Crippen molar-refractivity contribution in [2.75, 3.05) is 0 Å². The van der Waals surface area contributed by atoms with Gasteiger partial charge in [0.05, 0.1) is 0 Å². The van der Waals surface area contributed by atoms with Crippen LogP contribution in [0.1, 0.15) is 18.1 Å². The fourth-order valence-corrected chi connectivity index (χ4v) is 1.95. The van der Waals surface area contributed by atoms with E-state index in [9.17, 15) is 0 Å². The lowest BCUT2D eigenvalue weighted by molar-refractivity contribution is 0.359. The van der Waals surface area contributed by atoms with Crippen molar-refractivity contribution in [1.29, 1.82) is 0 Å². The smallest absolute Gasteiger partial charge is 0.170 e. The Morgan fingerprint density at radius 1 is 0.824 bits per heavy atom. The second-order valence-corrected chi connectivity index (χ2v) is 4.29. The summed E-state index contributed by atoms with van der Waals surface area (Å²) >= 11 is 0. The van der Waals surface area contributed by atoms with Gasteiger partial charge in [0.25, 0.3) is 0 Å². The van der Waals surface area contributed by atoms with Gasteiger partial charge in [0.1, 0.15) is 0 Å². The zero-order chi connectivity index (χ0) is 11.8. The van der Waals surface area contributed by atoms with E-state index in [-0.39, 0.29) is 0 Å². The molecule has 0 bridgehead atoms. The molecule has 1 aliphatic heterocycles. The van der Waals surface area contributed by atoms with Gasteiger partial charge >= 0.3 is 0 Å². The van der Waals surface area contributed by atoms with Crippen LogP contribution in [0.3, 0.4) is 0 Å². The Morgan fingerprint density at radius 3 is 2.18 bits per heavy atom. The van der Waals surface area contributed by atoms with Crippen molar-refractivity contribution in [2.24, 2.45) is 0 Å². The van der Waals surface area contributed by atoms with Crippen LogP contribution in [0.25, 0.3) is 0 Å². The van der Waals surface area contributed by atoms with Crippen molar-refractivity contribution in [2.45, 2.75) is 20.3 Å². The molecule has 0 saturated carbocycles. The maximum absolute atomic E-state index is 5.85. The largest absolute Gasteiger partial charge is 0.450 e. The predicted octanol–water partition coefficient (Wildman–Crippen LogP) is 4.46. The standard InChI is InChI=1S/C15H14O2/c1-3-11-5-7-13-15(9-11)17-12-6-4-10(2)8-14(12)16-13/h4-9H,3H2,1-2H3. The average Bonchev–Trinajstić information content (AvgIpc) is 2.35. The van der Waals surface area contributed by atoms with Gasteiger partial charge in [0.15, 0.2) is 23.0 Å². The first-order valence-corrected chi connectivity index (χ1v) is 5.85. The van der Waals surface area contributed by atoms with Crippen LogP contribution in [0.15, 0.2) is 36.4 Å². The van der Waals surface area contributed by atoms with Crippen LogP contribution in [0.2, 0.25) is 0 Å². The van der Waals surface area contributed by atoms with Gasteiger partial charge < -0.3 is 9.47 Å². The fraction of sp³-hybridized carbons (Fsp3) is 0.200. The van der Waals surface area contributed by atoms with Crippen molar-refractivity contribution in [1.82, 2.24) is 0 Å². The summed E-state index contributed by atoms with van der Waals surface area (Å²) in [5.74, 6) is 3.18. The summed E-state index contributed by atoms with van der Waals surface area (Å²) in [6.07, 6.45) is 0.997. The second-order valence-electron chi connectivity index (χ2n) is 4.29. The quantitative estimate of drug-likeness (QED) is 0.610. The van der Waals surface area contributed by atoms with E-state index in [1.807, 2.05) is 37.3 Å². The van der Waals surface area contributed by atoms with Crippen molar-refractivity contribution in [3.8, 4) is 23.0 Å². The van der Waals surface area contributed by atoms with Crippen molar-refractivity contribution in [3.05, 3.63) is 47.5 Å². The van der Waals surface area contributed by atoms with E-state index in [1.165, 1.54) is 11.1 Å². The molecule has 0 radical (unpaired) electrons. The molecule has 0 saturated heterocycles. The van der Waals surface area contributed by atoms with E-state index in [4.69, 9.17) is 9.47 Å². The molecule has 0 fully saturated rings. The molecule has 0 spiro atoms. The molecule has 86 valence electrons. The third-order valence-electron chi connectivity index (χ3n) is 2.96. The maximum atomic E-state index is 5.85. The molecule has 0 unspecified atom stereocenters. The monoisotopic (exact) mass is 226 g/mol. The van der Waals surface area contributed by atoms with Gasteiger partial charge in [-0.25, -0.2) is 0 Å². The van der Waals surface area contributed by atoms with E-state index in [0.717, 1.165) is 29.4 Å². The molecule has 17 heavy (non-hydrogen) atoms. The van der Waals surface area contributed by atoms with Gasteiger partial charge in [-0.05, 0) is 48.7 Å². The highest BCUT2D eigenvalue weighted by Gasteiger charge is 2.18. The van der Waals surface area contributed by atoms with Crippen LogP contribution >= 0.6 is 0 Å². The molecule has 1 aliphatic rings.